The number of hydrogen-bond acceptors (Lipinski definition) is 5. The van der Waals surface area contributed by atoms with E-state index in [2.05, 4.69) is 5.32 Å². The molecular weight excluding hydrogens is 272 g/mol. The average Bonchev–Trinajstić information content (AvgIpc) is 2.42. The molecule has 0 saturated carbocycles. The monoisotopic (exact) mass is 295 g/mol. The van der Waals surface area contributed by atoms with Gasteiger partial charge in [-0.2, -0.15) is 8.78 Å². The number of halogens is 2. The Morgan fingerprint density at radius 2 is 1.80 bits per heavy atom. The molecule has 1 aliphatic heterocycles. The predicted octanol–water partition coefficient (Wildman–Crippen LogP) is 1.74. The van der Waals surface area contributed by atoms with Gasteiger partial charge in [0.25, 0.3) is 6.08 Å². The van der Waals surface area contributed by atoms with E-state index in [0.717, 1.165) is 6.08 Å². The molecule has 0 aromatic heterocycles. The van der Waals surface area contributed by atoms with Crippen LogP contribution < -0.4 is 5.32 Å². The highest BCUT2D eigenvalue weighted by Crippen LogP contribution is 2.32. The van der Waals surface area contributed by atoms with E-state index < -0.39 is 23.6 Å². The van der Waals surface area contributed by atoms with Crippen molar-refractivity contribution in [1.82, 2.24) is 5.32 Å². The first-order valence-corrected chi connectivity index (χ1v) is 6.48. The topological polar surface area (TPSA) is 49.0 Å². The molecule has 0 bridgehead atoms. The molecule has 1 fully saturated rings. The van der Waals surface area contributed by atoms with Crippen LogP contribution in [0.4, 0.5) is 8.78 Å². The Labute approximate surface area is 118 Å². The van der Waals surface area contributed by atoms with Gasteiger partial charge in [0.1, 0.15) is 0 Å². The van der Waals surface area contributed by atoms with Gasteiger partial charge in [-0.25, -0.2) is 0 Å². The zero-order chi connectivity index (χ0) is 15.2. The van der Waals surface area contributed by atoms with E-state index in [1.807, 2.05) is 0 Å². The van der Waals surface area contributed by atoms with E-state index in [-0.39, 0.29) is 6.61 Å². The Bertz CT molecular complexity index is 338. The van der Waals surface area contributed by atoms with Crippen molar-refractivity contribution in [3.8, 4) is 0 Å². The number of methoxy groups -OCH3 is 2. The zero-order valence-corrected chi connectivity index (χ0v) is 12.4. The second kappa shape index (κ2) is 7.42. The van der Waals surface area contributed by atoms with Crippen molar-refractivity contribution in [1.29, 1.82) is 0 Å². The van der Waals surface area contributed by atoms with Gasteiger partial charge >= 0.3 is 0 Å². The van der Waals surface area contributed by atoms with E-state index in [0.29, 0.717) is 19.7 Å². The van der Waals surface area contributed by atoms with Crippen LogP contribution in [0.2, 0.25) is 0 Å². The van der Waals surface area contributed by atoms with Gasteiger partial charge < -0.3 is 24.3 Å². The summed E-state index contributed by atoms with van der Waals surface area (Å²) in [4.78, 5) is 0. The first-order chi connectivity index (χ1) is 9.37. The Morgan fingerprint density at radius 1 is 1.20 bits per heavy atom. The number of rotatable bonds is 3. The SMILES string of the molecule is COC1(C)OCCNCC(C=C(F)F)COC1(C)OC. The molecule has 0 aromatic rings. The lowest BCUT2D eigenvalue weighted by molar-refractivity contribution is -0.387. The van der Waals surface area contributed by atoms with Crippen molar-refractivity contribution in [2.45, 2.75) is 25.4 Å². The summed E-state index contributed by atoms with van der Waals surface area (Å²) in [6.45, 7) is 4.68. The largest absolute Gasteiger partial charge is 0.349 e. The average molecular weight is 295 g/mol. The lowest BCUT2D eigenvalue weighted by Crippen LogP contribution is -2.58. The van der Waals surface area contributed by atoms with Crippen LogP contribution in [0, 0.1) is 5.92 Å². The van der Waals surface area contributed by atoms with Crippen LogP contribution in [0.15, 0.2) is 12.2 Å². The molecule has 0 aliphatic carbocycles. The van der Waals surface area contributed by atoms with Crippen molar-refractivity contribution < 1.29 is 27.7 Å². The summed E-state index contributed by atoms with van der Waals surface area (Å²) >= 11 is 0. The number of ether oxygens (including phenoxy) is 4. The van der Waals surface area contributed by atoms with Crippen molar-refractivity contribution in [3.05, 3.63) is 12.2 Å². The van der Waals surface area contributed by atoms with Crippen LogP contribution in [0.25, 0.3) is 0 Å². The highest BCUT2D eigenvalue weighted by molar-refractivity contribution is 4.91. The minimum absolute atomic E-state index is 0.0665. The van der Waals surface area contributed by atoms with E-state index in [4.69, 9.17) is 18.9 Å². The van der Waals surface area contributed by atoms with Crippen LogP contribution >= 0.6 is 0 Å². The molecule has 1 saturated heterocycles. The summed E-state index contributed by atoms with van der Waals surface area (Å²) in [6, 6.07) is 0. The highest BCUT2D eigenvalue weighted by Gasteiger charge is 2.49. The lowest BCUT2D eigenvalue weighted by Gasteiger charge is -2.44. The van der Waals surface area contributed by atoms with Gasteiger partial charge in [-0.3, -0.25) is 0 Å². The molecule has 0 radical (unpaired) electrons. The van der Waals surface area contributed by atoms with Crippen LogP contribution in [0.5, 0.6) is 0 Å². The van der Waals surface area contributed by atoms with Crippen molar-refractivity contribution in [2.75, 3.05) is 40.5 Å². The molecule has 1 rings (SSSR count). The van der Waals surface area contributed by atoms with Crippen LogP contribution in [0.1, 0.15) is 13.8 Å². The predicted molar refractivity (Wildman–Crippen MR) is 69.4 cm³/mol. The van der Waals surface area contributed by atoms with Gasteiger partial charge in [-0.15, -0.1) is 0 Å². The Kier molecular flexibility index (Phi) is 6.47. The van der Waals surface area contributed by atoms with E-state index in [1.165, 1.54) is 14.2 Å². The van der Waals surface area contributed by atoms with Gasteiger partial charge in [-0.05, 0) is 19.9 Å². The zero-order valence-electron chi connectivity index (χ0n) is 12.4. The Hall–Kier alpha value is -0.600. The number of hydrogen-bond donors (Lipinski definition) is 1. The van der Waals surface area contributed by atoms with E-state index in [1.54, 1.807) is 13.8 Å². The van der Waals surface area contributed by atoms with Crippen LogP contribution in [-0.2, 0) is 18.9 Å². The third kappa shape index (κ3) is 4.20. The first-order valence-electron chi connectivity index (χ1n) is 6.48. The first kappa shape index (κ1) is 17.5. The third-order valence-electron chi connectivity index (χ3n) is 3.60. The Morgan fingerprint density at radius 3 is 2.35 bits per heavy atom. The molecule has 0 spiro atoms. The van der Waals surface area contributed by atoms with E-state index >= 15 is 0 Å². The summed E-state index contributed by atoms with van der Waals surface area (Å²) in [5.41, 5.74) is 0. The summed E-state index contributed by atoms with van der Waals surface area (Å²) in [5, 5.41) is 3.04. The smallest absolute Gasteiger partial charge is 0.266 e. The van der Waals surface area contributed by atoms with Gasteiger partial charge in [0, 0.05) is 33.2 Å². The highest BCUT2D eigenvalue weighted by atomic mass is 19.3. The van der Waals surface area contributed by atoms with E-state index in [9.17, 15) is 8.78 Å². The summed E-state index contributed by atoms with van der Waals surface area (Å²) in [5.74, 6) is -2.78. The van der Waals surface area contributed by atoms with Gasteiger partial charge in [0.2, 0.25) is 11.6 Å². The molecule has 3 unspecified atom stereocenters. The summed E-state index contributed by atoms with van der Waals surface area (Å²) in [7, 11) is 2.95. The van der Waals surface area contributed by atoms with Crippen LogP contribution in [0.3, 0.4) is 0 Å². The molecule has 118 valence electrons. The second-order valence-electron chi connectivity index (χ2n) is 4.88. The number of nitrogens with one attached hydrogen (secondary N) is 1. The normalized spacial score (nSPS) is 36.4. The maximum atomic E-state index is 12.4. The second-order valence-corrected chi connectivity index (χ2v) is 4.88. The minimum Gasteiger partial charge on any atom is -0.349 e. The molecule has 0 aromatic carbocycles. The lowest BCUT2D eigenvalue weighted by atomic mass is 10.1. The van der Waals surface area contributed by atoms with Crippen LogP contribution in [-0.4, -0.2) is 52.1 Å². The molecule has 3 atom stereocenters. The quantitative estimate of drug-likeness (QED) is 0.859. The van der Waals surface area contributed by atoms with Gasteiger partial charge in [0.15, 0.2) is 0 Å². The fraction of sp³-hybridized carbons (Fsp3) is 0.846. The molecule has 1 heterocycles. The fourth-order valence-electron chi connectivity index (χ4n) is 1.97. The maximum absolute atomic E-state index is 12.4. The molecule has 7 heteroatoms. The Balaban J connectivity index is 2.90. The molecule has 5 nitrogen and oxygen atoms in total. The molecule has 1 N–H and O–H groups in total. The maximum Gasteiger partial charge on any atom is 0.266 e. The minimum atomic E-state index is -1.72. The fourth-order valence-corrected chi connectivity index (χ4v) is 1.97. The summed E-state index contributed by atoms with van der Waals surface area (Å²) < 4.78 is 47.0. The molecule has 1 aliphatic rings. The van der Waals surface area contributed by atoms with Crippen molar-refractivity contribution in [3.63, 3.8) is 0 Å². The third-order valence-corrected chi connectivity index (χ3v) is 3.60. The molecule has 20 heavy (non-hydrogen) atoms. The van der Waals surface area contributed by atoms with Gasteiger partial charge in [-0.1, -0.05) is 0 Å². The van der Waals surface area contributed by atoms with Gasteiger partial charge in [0.05, 0.1) is 13.2 Å². The standard InChI is InChI=1S/C13H23F2NO4/c1-12(17-3)13(2,18-4)20-9-10(7-11(14)15)8-16-5-6-19-12/h7,10,16H,5-6,8-9H2,1-4H3. The molecule has 0 amide bonds. The summed E-state index contributed by atoms with van der Waals surface area (Å²) in [6.07, 6.45) is -0.835. The van der Waals surface area contributed by atoms with Crippen molar-refractivity contribution >= 4 is 0 Å². The molecular formula is C13H23F2NO4. The van der Waals surface area contributed by atoms with Crippen molar-refractivity contribution in [2.24, 2.45) is 5.92 Å².